The lowest BCUT2D eigenvalue weighted by atomic mass is 10.1. The van der Waals surface area contributed by atoms with Crippen LogP contribution < -0.4 is 5.73 Å². The van der Waals surface area contributed by atoms with E-state index in [1.807, 2.05) is 13.0 Å². The Balaban J connectivity index is 2.25. The van der Waals surface area contributed by atoms with Gasteiger partial charge in [-0.15, -0.1) is 0 Å². The molecule has 1 aromatic rings. The van der Waals surface area contributed by atoms with Crippen LogP contribution in [0.3, 0.4) is 0 Å². The fraction of sp³-hybridized carbons (Fsp3) is 0.571. The molecule has 1 aliphatic rings. The second-order valence-corrected chi connectivity index (χ2v) is 7.16. The van der Waals surface area contributed by atoms with E-state index in [2.05, 4.69) is 0 Å². The minimum atomic E-state index is -3.48. The van der Waals surface area contributed by atoms with Crippen molar-refractivity contribution < 1.29 is 13.5 Å². The predicted octanol–water partition coefficient (Wildman–Crippen LogP) is 1.24. The highest BCUT2D eigenvalue weighted by Crippen LogP contribution is 2.23. The number of aliphatic hydroxyl groups excluding tert-OH is 1. The molecule has 112 valence electrons. The second-order valence-electron chi connectivity index (χ2n) is 5.22. The largest absolute Gasteiger partial charge is 0.393 e. The number of hydrogen-bond acceptors (Lipinski definition) is 4. The number of sulfonamides is 1. The highest BCUT2D eigenvalue weighted by Gasteiger charge is 2.28. The number of hydrogen-bond donors (Lipinski definition) is 2. The van der Waals surface area contributed by atoms with Crippen molar-refractivity contribution >= 4 is 10.0 Å². The Morgan fingerprint density at radius 2 is 2.05 bits per heavy atom. The summed E-state index contributed by atoms with van der Waals surface area (Å²) in [6.07, 6.45) is 1.36. The number of aliphatic hydroxyl groups is 1. The molecule has 0 aliphatic carbocycles. The Kier molecular flexibility index (Phi) is 4.80. The standard InChI is InChI=1S/C14H22N2O3S/c1-2-14(15)11-4-3-5-13(10-11)20(18,19)16-8-6-12(17)7-9-16/h3-5,10,12,14,17H,2,6-9,15H2,1H3. The van der Waals surface area contributed by atoms with Gasteiger partial charge in [-0.3, -0.25) is 0 Å². The minimum Gasteiger partial charge on any atom is -0.393 e. The molecule has 1 atom stereocenters. The molecule has 2 rings (SSSR count). The quantitative estimate of drug-likeness (QED) is 0.876. The van der Waals surface area contributed by atoms with Gasteiger partial charge in [0.2, 0.25) is 10.0 Å². The van der Waals surface area contributed by atoms with Crippen LogP contribution in [0.25, 0.3) is 0 Å². The molecule has 0 saturated carbocycles. The van der Waals surface area contributed by atoms with Crippen molar-refractivity contribution in [2.24, 2.45) is 5.73 Å². The van der Waals surface area contributed by atoms with Crippen molar-refractivity contribution in [3.63, 3.8) is 0 Å². The van der Waals surface area contributed by atoms with E-state index in [0.717, 1.165) is 12.0 Å². The van der Waals surface area contributed by atoms with Gasteiger partial charge in [0, 0.05) is 19.1 Å². The van der Waals surface area contributed by atoms with Crippen LogP contribution in [0, 0.1) is 0 Å². The van der Waals surface area contributed by atoms with E-state index in [4.69, 9.17) is 5.73 Å². The molecule has 1 aromatic carbocycles. The molecule has 0 bridgehead atoms. The first-order chi connectivity index (χ1) is 9.45. The zero-order valence-corrected chi connectivity index (χ0v) is 12.5. The number of rotatable bonds is 4. The number of benzene rings is 1. The Bertz CT molecular complexity index is 551. The van der Waals surface area contributed by atoms with Gasteiger partial charge in [-0.25, -0.2) is 8.42 Å². The smallest absolute Gasteiger partial charge is 0.243 e. The lowest BCUT2D eigenvalue weighted by molar-refractivity contribution is 0.113. The monoisotopic (exact) mass is 298 g/mol. The molecule has 20 heavy (non-hydrogen) atoms. The SMILES string of the molecule is CCC(N)c1cccc(S(=O)(=O)N2CCC(O)CC2)c1. The van der Waals surface area contributed by atoms with Crippen molar-refractivity contribution in [3.8, 4) is 0 Å². The zero-order chi connectivity index (χ0) is 14.8. The summed E-state index contributed by atoms with van der Waals surface area (Å²) >= 11 is 0. The summed E-state index contributed by atoms with van der Waals surface area (Å²) in [7, 11) is -3.48. The van der Waals surface area contributed by atoms with Crippen LogP contribution in [-0.4, -0.2) is 37.0 Å². The van der Waals surface area contributed by atoms with Crippen molar-refractivity contribution in [1.29, 1.82) is 0 Å². The van der Waals surface area contributed by atoms with Crippen molar-refractivity contribution in [3.05, 3.63) is 29.8 Å². The average Bonchev–Trinajstić information content (AvgIpc) is 2.47. The summed E-state index contributed by atoms with van der Waals surface area (Å²) in [5.41, 5.74) is 6.80. The molecule has 0 amide bonds. The van der Waals surface area contributed by atoms with Crippen LogP contribution in [0.1, 0.15) is 37.8 Å². The fourth-order valence-electron chi connectivity index (χ4n) is 2.37. The van der Waals surface area contributed by atoms with Gasteiger partial charge in [0.25, 0.3) is 0 Å². The summed E-state index contributed by atoms with van der Waals surface area (Å²) in [6.45, 7) is 2.71. The molecule has 5 nitrogen and oxygen atoms in total. The number of piperidine rings is 1. The molecular weight excluding hydrogens is 276 g/mol. The second kappa shape index (κ2) is 6.22. The highest BCUT2D eigenvalue weighted by molar-refractivity contribution is 7.89. The van der Waals surface area contributed by atoms with E-state index < -0.39 is 10.0 Å². The normalized spacial score (nSPS) is 19.9. The summed E-state index contributed by atoms with van der Waals surface area (Å²) in [5, 5.41) is 9.47. The van der Waals surface area contributed by atoms with E-state index >= 15 is 0 Å². The van der Waals surface area contributed by atoms with Crippen LogP contribution in [-0.2, 0) is 10.0 Å². The molecule has 0 aromatic heterocycles. The summed E-state index contributed by atoms with van der Waals surface area (Å²) in [5.74, 6) is 0. The van der Waals surface area contributed by atoms with E-state index in [9.17, 15) is 13.5 Å². The van der Waals surface area contributed by atoms with Gasteiger partial charge in [0.1, 0.15) is 0 Å². The third-order valence-corrected chi connectivity index (χ3v) is 5.68. The third-order valence-electron chi connectivity index (χ3n) is 3.79. The van der Waals surface area contributed by atoms with E-state index in [1.54, 1.807) is 18.2 Å². The van der Waals surface area contributed by atoms with Crippen LogP contribution in [0.15, 0.2) is 29.2 Å². The topological polar surface area (TPSA) is 83.6 Å². The third kappa shape index (κ3) is 3.20. The Morgan fingerprint density at radius 3 is 2.65 bits per heavy atom. The maximum atomic E-state index is 12.6. The van der Waals surface area contributed by atoms with Crippen molar-refractivity contribution in [2.75, 3.05) is 13.1 Å². The summed E-state index contributed by atoms with van der Waals surface area (Å²) in [4.78, 5) is 0.287. The maximum absolute atomic E-state index is 12.6. The molecule has 1 unspecified atom stereocenters. The first-order valence-corrected chi connectivity index (χ1v) is 8.43. The van der Waals surface area contributed by atoms with Gasteiger partial charge >= 0.3 is 0 Å². The van der Waals surface area contributed by atoms with Crippen LogP contribution in [0.4, 0.5) is 0 Å². The molecular formula is C14H22N2O3S. The van der Waals surface area contributed by atoms with Gasteiger partial charge in [0.05, 0.1) is 11.0 Å². The van der Waals surface area contributed by atoms with E-state index in [0.29, 0.717) is 25.9 Å². The summed E-state index contributed by atoms with van der Waals surface area (Å²) in [6, 6.07) is 6.71. The van der Waals surface area contributed by atoms with Gasteiger partial charge in [-0.05, 0) is 37.0 Å². The van der Waals surface area contributed by atoms with Crippen LogP contribution >= 0.6 is 0 Å². The fourth-order valence-corrected chi connectivity index (χ4v) is 3.90. The maximum Gasteiger partial charge on any atom is 0.243 e. The lowest BCUT2D eigenvalue weighted by Gasteiger charge is -2.29. The van der Waals surface area contributed by atoms with Gasteiger partial charge < -0.3 is 10.8 Å². The molecule has 1 fully saturated rings. The van der Waals surface area contributed by atoms with E-state index in [-0.39, 0.29) is 17.0 Å². The van der Waals surface area contributed by atoms with Gasteiger partial charge in [-0.2, -0.15) is 4.31 Å². The average molecular weight is 298 g/mol. The number of nitrogens with two attached hydrogens (primary N) is 1. The van der Waals surface area contributed by atoms with Gasteiger partial charge in [0.15, 0.2) is 0 Å². The molecule has 3 N–H and O–H groups in total. The van der Waals surface area contributed by atoms with E-state index in [1.165, 1.54) is 4.31 Å². The summed E-state index contributed by atoms with van der Waals surface area (Å²) < 4.78 is 26.6. The first-order valence-electron chi connectivity index (χ1n) is 6.99. The molecule has 6 heteroatoms. The first kappa shape index (κ1) is 15.4. The number of nitrogens with zero attached hydrogens (tertiary/aromatic N) is 1. The Labute approximate surface area is 120 Å². The van der Waals surface area contributed by atoms with Crippen LogP contribution in [0.5, 0.6) is 0 Å². The van der Waals surface area contributed by atoms with Crippen LogP contribution in [0.2, 0.25) is 0 Å². The van der Waals surface area contributed by atoms with Crippen molar-refractivity contribution in [2.45, 2.75) is 43.2 Å². The molecule has 1 heterocycles. The zero-order valence-electron chi connectivity index (χ0n) is 11.7. The molecule has 1 saturated heterocycles. The molecule has 0 radical (unpaired) electrons. The molecule has 1 aliphatic heterocycles. The molecule has 0 spiro atoms. The van der Waals surface area contributed by atoms with Gasteiger partial charge in [-0.1, -0.05) is 19.1 Å². The lowest BCUT2D eigenvalue weighted by Crippen LogP contribution is -2.40. The Morgan fingerprint density at radius 1 is 1.40 bits per heavy atom. The Hall–Kier alpha value is -0.950. The highest BCUT2D eigenvalue weighted by atomic mass is 32.2. The van der Waals surface area contributed by atoms with Crippen molar-refractivity contribution in [1.82, 2.24) is 4.31 Å². The minimum absolute atomic E-state index is 0.145. The predicted molar refractivity (Wildman–Crippen MR) is 77.7 cm³/mol.